The normalized spacial score (nSPS) is 23.6. The molecule has 1 amide bonds. The van der Waals surface area contributed by atoms with Crippen molar-refractivity contribution in [1.29, 1.82) is 0 Å². The number of aliphatic carboxylic acids is 1. The van der Waals surface area contributed by atoms with E-state index in [0.29, 0.717) is 12.5 Å². The van der Waals surface area contributed by atoms with Gasteiger partial charge in [0.15, 0.2) is 6.61 Å². The standard InChI is InChI=1S/C16H17F3N2O4/c17-16(18,19)8-25-13-5-10(3-4-20-13)14(22)21-6-11(9-1-2-9)12(7-21)15(23)24/h3-5,9,11-12H,1-2,6-8H2,(H,23,24)/t11-,12+/m1/s1. The molecule has 0 aromatic carbocycles. The van der Waals surface area contributed by atoms with Gasteiger partial charge in [-0.2, -0.15) is 13.2 Å². The molecule has 3 rings (SSSR count). The number of carboxylic acids is 1. The topological polar surface area (TPSA) is 79.7 Å². The number of amides is 1. The second-order valence-corrected chi connectivity index (χ2v) is 6.44. The summed E-state index contributed by atoms with van der Waals surface area (Å²) < 4.78 is 41.2. The summed E-state index contributed by atoms with van der Waals surface area (Å²) in [5.41, 5.74) is 0.132. The highest BCUT2D eigenvalue weighted by Crippen LogP contribution is 2.44. The van der Waals surface area contributed by atoms with Gasteiger partial charge in [0.25, 0.3) is 5.91 Å². The quantitative estimate of drug-likeness (QED) is 0.873. The third kappa shape index (κ3) is 4.21. The molecule has 9 heteroatoms. The Morgan fingerprint density at radius 2 is 2.04 bits per heavy atom. The molecule has 1 aromatic heterocycles. The van der Waals surface area contributed by atoms with Gasteiger partial charge >= 0.3 is 12.1 Å². The van der Waals surface area contributed by atoms with E-state index in [1.54, 1.807) is 0 Å². The van der Waals surface area contributed by atoms with Crippen LogP contribution in [-0.4, -0.2) is 52.7 Å². The summed E-state index contributed by atoms with van der Waals surface area (Å²) in [5.74, 6) is -1.97. The van der Waals surface area contributed by atoms with Crippen molar-refractivity contribution >= 4 is 11.9 Å². The van der Waals surface area contributed by atoms with Crippen LogP contribution < -0.4 is 4.74 Å². The van der Waals surface area contributed by atoms with Crippen LogP contribution in [0, 0.1) is 17.8 Å². The lowest BCUT2D eigenvalue weighted by molar-refractivity contribution is -0.154. The largest absolute Gasteiger partial charge is 0.481 e. The minimum absolute atomic E-state index is 0.0655. The van der Waals surface area contributed by atoms with E-state index in [1.807, 2.05) is 0 Å². The maximum Gasteiger partial charge on any atom is 0.422 e. The molecule has 1 saturated carbocycles. The first-order valence-corrected chi connectivity index (χ1v) is 7.92. The SMILES string of the molecule is O=C(O)[C@H]1CN(C(=O)c2ccnc(OCC(F)(F)F)c2)C[C@@H]1C1CC1. The van der Waals surface area contributed by atoms with Gasteiger partial charge in [-0.1, -0.05) is 0 Å². The van der Waals surface area contributed by atoms with E-state index in [1.165, 1.54) is 17.2 Å². The van der Waals surface area contributed by atoms with E-state index in [2.05, 4.69) is 9.72 Å². The van der Waals surface area contributed by atoms with Gasteiger partial charge in [0.1, 0.15) is 0 Å². The average Bonchev–Trinajstić information content (AvgIpc) is 3.30. The fourth-order valence-electron chi connectivity index (χ4n) is 3.22. The van der Waals surface area contributed by atoms with E-state index in [4.69, 9.17) is 0 Å². The van der Waals surface area contributed by atoms with Gasteiger partial charge in [0, 0.05) is 30.9 Å². The first kappa shape index (κ1) is 17.5. The Balaban J connectivity index is 1.69. The van der Waals surface area contributed by atoms with Gasteiger partial charge in [0.05, 0.1) is 5.92 Å². The highest BCUT2D eigenvalue weighted by atomic mass is 19.4. The van der Waals surface area contributed by atoms with Crippen LogP contribution in [0.1, 0.15) is 23.2 Å². The summed E-state index contributed by atoms with van der Waals surface area (Å²) >= 11 is 0. The predicted molar refractivity (Wildman–Crippen MR) is 79.0 cm³/mol. The van der Waals surface area contributed by atoms with Crippen molar-refractivity contribution in [3.05, 3.63) is 23.9 Å². The molecule has 1 N–H and O–H groups in total. The van der Waals surface area contributed by atoms with E-state index in [0.717, 1.165) is 18.9 Å². The molecule has 2 fully saturated rings. The van der Waals surface area contributed by atoms with Crippen LogP contribution in [0.15, 0.2) is 18.3 Å². The van der Waals surface area contributed by atoms with Gasteiger partial charge in [-0.15, -0.1) is 0 Å². The molecular weight excluding hydrogens is 341 g/mol. The van der Waals surface area contributed by atoms with Gasteiger partial charge in [-0.3, -0.25) is 9.59 Å². The molecule has 2 aliphatic rings. The Morgan fingerprint density at radius 3 is 2.64 bits per heavy atom. The first-order valence-electron chi connectivity index (χ1n) is 7.92. The summed E-state index contributed by atoms with van der Waals surface area (Å²) in [7, 11) is 0. The second kappa shape index (κ2) is 6.53. The molecular formula is C16H17F3N2O4. The van der Waals surface area contributed by atoms with Crippen molar-refractivity contribution in [1.82, 2.24) is 9.88 Å². The minimum Gasteiger partial charge on any atom is -0.481 e. The van der Waals surface area contributed by atoms with Crippen molar-refractivity contribution in [2.45, 2.75) is 19.0 Å². The Morgan fingerprint density at radius 1 is 1.32 bits per heavy atom. The zero-order valence-electron chi connectivity index (χ0n) is 13.2. The Bertz CT molecular complexity index is 676. The number of rotatable bonds is 5. The summed E-state index contributed by atoms with van der Waals surface area (Å²) in [6.07, 6.45) is -1.35. The molecule has 2 heterocycles. The molecule has 1 aromatic rings. The number of pyridine rings is 1. The van der Waals surface area contributed by atoms with Crippen molar-refractivity contribution in [2.75, 3.05) is 19.7 Å². The van der Waals surface area contributed by atoms with Crippen LogP contribution >= 0.6 is 0 Å². The number of aromatic nitrogens is 1. The monoisotopic (exact) mass is 358 g/mol. The van der Waals surface area contributed by atoms with Gasteiger partial charge in [-0.05, 0) is 30.7 Å². The van der Waals surface area contributed by atoms with Gasteiger partial charge in [-0.25, -0.2) is 4.98 Å². The summed E-state index contributed by atoms with van der Waals surface area (Å²) in [5, 5.41) is 9.35. The number of alkyl halides is 3. The van der Waals surface area contributed by atoms with Crippen LogP contribution in [0.25, 0.3) is 0 Å². The molecule has 25 heavy (non-hydrogen) atoms. The van der Waals surface area contributed by atoms with Crippen molar-refractivity contribution in [3.63, 3.8) is 0 Å². The lowest BCUT2D eigenvalue weighted by atomic mass is 9.92. The number of likely N-dealkylation sites (tertiary alicyclic amines) is 1. The van der Waals surface area contributed by atoms with Crippen LogP contribution in [-0.2, 0) is 4.79 Å². The van der Waals surface area contributed by atoms with Crippen molar-refractivity contribution < 1.29 is 32.6 Å². The van der Waals surface area contributed by atoms with Crippen molar-refractivity contribution in [2.24, 2.45) is 17.8 Å². The van der Waals surface area contributed by atoms with Crippen LogP contribution in [0.4, 0.5) is 13.2 Å². The number of hydrogen-bond acceptors (Lipinski definition) is 4. The van der Waals surface area contributed by atoms with E-state index in [9.17, 15) is 27.9 Å². The van der Waals surface area contributed by atoms with Gasteiger partial charge < -0.3 is 14.7 Å². The lowest BCUT2D eigenvalue weighted by Gasteiger charge is -2.17. The maximum atomic E-state index is 12.6. The third-order valence-electron chi connectivity index (χ3n) is 4.56. The Kier molecular flexibility index (Phi) is 4.57. The number of halogens is 3. The van der Waals surface area contributed by atoms with Crippen molar-refractivity contribution in [3.8, 4) is 5.88 Å². The molecule has 1 aliphatic heterocycles. The highest BCUT2D eigenvalue weighted by molar-refractivity contribution is 5.95. The maximum absolute atomic E-state index is 12.6. The van der Waals surface area contributed by atoms with Crippen LogP contribution in [0.2, 0.25) is 0 Å². The summed E-state index contributed by atoms with van der Waals surface area (Å²) in [4.78, 5) is 29.1. The molecule has 2 atom stereocenters. The molecule has 1 aliphatic carbocycles. The zero-order chi connectivity index (χ0) is 18.2. The summed E-state index contributed by atoms with van der Waals surface area (Å²) in [6, 6.07) is 2.53. The fourth-order valence-corrected chi connectivity index (χ4v) is 3.22. The van der Waals surface area contributed by atoms with E-state index in [-0.39, 0.29) is 23.9 Å². The molecule has 136 valence electrons. The van der Waals surface area contributed by atoms with E-state index >= 15 is 0 Å². The van der Waals surface area contributed by atoms with Crippen LogP contribution in [0.5, 0.6) is 5.88 Å². The van der Waals surface area contributed by atoms with E-state index < -0.39 is 30.6 Å². The Labute approximate surface area is 141 Å². The highest BCUT2D eigenvalue weighted by Gasteiger charge is 2.47. The summed E-state index contributed by atoms with van der Waals surface area (Å²) in [6.45, 7) is -1.04. The number of carboxylic acid groups (broad SMARTS) is 1. The lowest BCUT2D eigenvalue weighted by Crippen LogP contribution is -2.30. The average molecular weight is 358 g/mol. The zero-order valence-corrected chi connectivity index (χ0v) is 13.2. The number of carbonyl (C=O) groups is 2. The first-order chi connectivity index (χ1) is 11.7. The predicted octanol–water partition coefficient (Wildman–Crippen LogP) is 2.21. The number of hydrogen-bond donors (Lipinski definition) is 1. The Hall–Kier alpha value is -2.32. The number of carbonyl (C=O) groups excluding carboxylic acids is 1. The fraction of sp³-hybridized carbons (Fsp3) is 0.562. The van der Waals surface area contributed by atoms with Crippen LogP contribution in [0.3, 0.4) is 0 Å². The number of ether oxygens (including phenoxy) is 1. The number of nitrogens with zero attached hydrogens (tertiary/aromatic N) is 2. The molecule has 0 unspecified atom stereocenters. The third-order valence-corrected chi connectivity index (χ3v) is 4.56. The smallest absolute Gasteiger partial charge is 0.422 e. The molecule has 0 radical (unpaired) electrons. The molecule has 1 saturated heterocycles. The molecule has 0 spiro atoms. The minimum atomic E-state index is -4.50. The molecule has 0 bridgehead atoms. The molecule has 6 nitrogen and oxygen atoms in total. The second-order valence-electron chi connectivity index (χ2n) is 6.44. The van der Waals surface area contributed by atoms with Gasteiger partial charge in [0.2, 0.25) is 5.88 Å².